The van der Waals surface area contributed by atoms with Gasteiger partial charge in [0.25, 0.3) is 0 Å². The van der Waals surface area contributed by atoms with Crippen LogP contribution in [0, 0.1) is 0 Å². The minimum absolute atomic E-state index is 0.468. The van der Waals surface area contributed by atoms with Crippen LogP contribution in [0.5, 0.6) is 0 Å². The van der Waals surface area contributed by atoms with E-state index in [0.717, 1.165) is 45.3 Å². The molecule has 3 rings (SSSR count). The van der Waals surface area contributed by atoms with Crippen molar-refractivity contribution in [3.63, 3.8) is 0 Å². The molecule has 0 amide bonds. The van der Waals surface area contributed by atoms with Crippen LogP contribution in [0.1, 0.15) is 75.3 Å². The Hall–Kier alpha value is -1.41. The number of hydrogen-bond acceptors (Lipinski definition) is 2. The molecular formula is C22H31NO. The Labute approximate surface area is 146 Å². The normalized spacial score (nSPS) is 19.7. The molecule has 2 heteroatoms. The Morgan fingerprint density at radius 3 is 2.83 bits per heavy atom. The Morgan fingerprint density at radius 1 is 1.12 bits per heavy atom. The number of Topliss-reactive ketones (excluding diaryl/α,β-unsaturated/α-hetero) is 1. The van der Waals surface area contributed by atoms with E-state index in [-0.39, 0.29) is 0 Å². The third kappa shape index (κ3) is 4.36. The van der Waals surface area contributed by atoms with Crippen molar-refractivity contribution < 1.29 is 4.79 Å². The van der Waals surface area contributed by atoms with Crippen molar-refractivity contribution in [1.82, 2.24) is 4.90 Å². The van der Waals surface area contributed by atoms with Crippen LogP contribution in [0.15, 0.2) is 29.8 Å². The van der Waals surface area contributed by atoms with E-state index >= 15 is 0 Å². The first kappa shape index (κ1) is 17.4. The van der Waals surface area contributed by atoms with E-state index < -0.39 is 0 Å². The summed E-state index contributed by atoms with van der Waals surface area (Å²) in [5, 5.41) is 0. The number of fused-ring (bicyclic) bond motifs is 3. The van der Waals surface area contributed by atoms with Crippen molar-refractivity contribution in [3.05, 3.63) is 41.0 Å². The van der Waals surface area contributed by atoms with E-state index in [1.165, 1.54) is 36.8 Å². The number of nitrogens with zero attached hydrogens (tertiary/aromatic N) is 1. The van der Waals surface area contributed by atoms with Gasteiger partial charge >= 0.3 is 0 Å². The number of likely N-dealkylation sites (tertiary alicyclic amines) is 1. The van der Waals surface area contributed by atoms with Gasteiger partial charge in [0.05, 0.1) is 0 Å². The second-order valence-corrected chi connectivity index (χ2v) is 7.40. The van der Waals surface area contributed by atoms with Gasteiger partial charge in [-0.2, -0.15) is 0 Å². The molecule has 0 N–H and O–H groups in total. The quantitative estimate of drug-likeness (QED) is 0.582. The van der Waals surface area contributed by atoms with Gasteiger partial charge in [0.2, 0.25) is 0 Å². The minimum Gasteiger partial charge on any atom is -0.302 e. The van der Waals surface area contributed by atoms with E-state index in [4.69, 9.17) is 0 Å². The smallest absolute Gasteiger partial charge is 0.132 e. The van der Waals surface area contributed by atoms with Crippen LogP contribution >= 0.6 is 0 Å². The lowest BCUT2D eigenvalue weighted by atomic mass is 9.90. The lowest BCUT2D eigenvalue weighted by Gasteiger charge is -2.33. The molecule has 130 valence electrons. The fraction of sp³-hybridized carbons (Fsp3) is 0.591. The molecule has 2 nitrogen and oxygen atoms in total. The Balaban J connectivity index is 1.39. The predicted octanol–water partition coefficient (Wildman–Crippen LogP) is 5.19. The van der Waals surface area contributed by atoms with Crippen LogP contribution in [0.4, 0.5) is 0 Å². The number of ketones is 1. The number of unbranched alkanes of at least 4 members (excludes halogenated alkanes) is 3. The van der Waals surface area contributed by atoms with Crippen LogP contribution in [0.25, 0.3) is 6.08 Å². The van der Waals surface area contributed by atoms with Crippen molar-refractivity contribution >= 4 is 11.9 Å². The molecule has 1 aliphatic heterocycles. The number of carbonyl (C=O) groups excluding carboxylic acids is 1. The van der Waals surface area contributed by atoms with Gasteiger partial charge < -0.3 is 4.90 Å². The number of piperidine rings is 1. The Kier molecular flexibility index (Phi) is 6.25. The molecule has 1 fully saturated rings. The molecule has 2 aliphatic rings. The lowest BCUT2D eigenvalue weighted by molar-refractivity contribution is -0.119. The number of hydrogen-bond donors (Lipinski definition) is 0. The first-order valence-corrected chi connectivity index (χ1v) is 9.81. The number of rotatable bonds is 9. The molecule has 0 radical (unpaired) electrons. The predicted molar refractivity (Wildman–Crippen MR) is 101 cm³/mol. The molecule has 0 aromatic heterocycles. The SMILES string of the molecule is CCCCCCC(=O)CCCN1CCC2=Cc3ccccc3C2C1. The molecular weight excluding hydrogens is 294 g/mol. The highest BCUT2D eigenvalue weighted by Gasteiger charge is 2.30. The van der Waals surface area contributed by atoms with Crippen molar-refractivity contribution in [2.75, 3.05) is 19.6 Å². The van der Waals surface area contributed by atoms with Gasteiger partial charge in [0, 0.05) is 31.8 Å². The standard InChI is InChI=1S/C22H31NO/c1-2-3-4-5-10-20(24)11-8-14-23-15-13-19-16-18-9-6-7-12-21(18)22(19)17-23/h6-7,9,12,16,22H,2-5,8,10-11,13-15,17H2,1H3. The maximum Gasteiger partial charge on any atom is 0.132 e. The zero-order chi connectivity index (χ0) is 16.8. The summed E-state index contributed by atoms with van der Waals surface area (Å²) in [5.74, 6) is 1.06. The molecule has 1 heterocycles. The summed E-state index contributed by atoms with van der Waals surface area (Å²) in [6.45, 7) is 5.57. The van der Waals surface area contributed by atoms with Crippen LogP contribution in [0.3, 0.4) is 0 Å². The van der Waals surface area contributed by atoms with E-state index in [1.54, 1.807) is 5.57 Å². The molecule has 1 aromatic rings. The number of benzene rings is 1. The van der Waals surface area contributed by atoms with E-state index in [0.29, 0.717) is 11.7 Å². The van der Waals surface area contributed by atoms with Crippen molar-refractivity contribution in [2.24, 2.45) is 0 Å². The highest BCUT2D eigenvalue weighted by molar-refractivity contribution is 5.78. The molecule has 1 aromatic carbocycles. The highest BCUT2D eigenvalue weighted by Crippen LogP contribution is 2.40. The molecule has 1 aliphatic carbocycles. The van der Waals surface area contributed by atoms with Gasteiger partial charge in [-0.3, -0.25) is 4.79 Å². The van der Waals surface area contributed by atoms with Gasteiger partial charge in [0.15, 0.2) is 0 Å². The highest BCUT2D eigenvalue weighted by atomic mass is 16.1. The Bertz CT molecular complexity index is 589. The van der Waals surface area contributed by atoms with Gasteiger partial charge in [-0.05, 0) is 36.9 Å². The number of carbonyl (C=O) groups is 1. The fourth-order valence-electron chi connectivity index (χ4n) is 4.14. The molecule has 0 saturated carbocycles. The molecule has 24 heavy (non-hydrogen) atoms. The van der Waals surface area contributed by atoms with Crippen LogP contribution in [0.2, 0.25) is 0 Å². The lowest BCUT2D eigenvalue weighted by Crippen LogP contribution is -2.35. The van der Waals surface area contributed by atoms with E-state index in [9.17, 15) is 4.79 Å². The molecule has 0 spiro atoms. The maximum absolute atomic E-state index is 12.0. The van der Waals surface area contributed by atoms with Crippen molar-refractivity contribution in [1.29, 1.82) is 0 Å². The maximum atomic E-state index is 12.0. The van der Waals surface area contributed by atoms with Crippen LogP contribution in [-0.4, -0.2) is 30.3 Å². The second kappa shape index (κ2) is 8.62. The van der Waals surface area contributed by atoms with Gasteiger partial charge in [-0.1, -0.05) is 62.1 Å². The Morgan fingerprint density at radius 2 is 1.96 bits per heavy atom. The van der Waals surface area contributed by atoms with Crippen molar-refractivity contribution in [3.8, 4) is 0 Å². The summed E-state index contributed by atoms with van der Waals surface area (Å²) in [4.78, 5) is 14.5. The average molecular weight is 325 g/mol. The van der Waals surface area contributed by atoms with Crippen LogP contribution < -0.4 is 0 Å². The molecule has 1 atom stereocenters. The molecule has 1 saturated heterocycles. The summed E-state index contributed by atoms with van der Waals surface area (Å²) >= 11 is 0. The summed E-state index contributed by atoms with van der Waals surface area (Å²) in [6, 6.07) is 8.82. The second-order valence-electron chi connectivity index (χ2n) is 7.40. The van der Waals surface area contributed by atoms with Gasteiger partial charge in [-0.25, -0.2) is 0 Å². The first-order valence-electron chi connectivity index (χ1n) is 9.81. The third-order valence-electron chi connectivity index (χ3n) is 5.56. The monoisotopic (exact) mass is 325 g/mol. The summed E-state index contributed by atoms with van der Waals surface area (Å²) in [7, 11) is 0. The molecule has 0 bridgehead atoms. The third-order valence-corrected chi connectivity index (χ3v) is 5.56. The average Bonchev–Trinajstić information content (AvgIpc) is 2.97. The minimum atomic E-state index is 0.468. The fourth-order valence-corrected chi connectivity index (χ4v) is 4.14. The topological polar surface area (TPSA) is 20.3 Å². The van der Waals surface area contributed by atoms with E-state index in [1.807, 2.05) is 0 Å². The van der Waals surface area contributed by atoms with Gasteiger partial charge in [0.1, 0.15) is 5.78 Å². The van der Waals surface area contributed by atoms with Gasteiger partial charge in [-0.15, -0.1) is 0 Å². The summed E-state index contributed by atoms with van der Waals surface area (Å²) in [6.07, 6.45) is 11.0. The van der Waals surface area contributed by atoms with E-state index in [2.05, 4.69) is 42.2 Å². The zero-order valence-electron chi connectivity index (χ0n) is 15.1. The first-order chi connectivity index (χ1) is 11.8. The summed E-state index contributed by atoms with van der Waals surface area (Å²) in [5.41, 5.74) is 4.53. The molecule has 1 unspecified atom stereocenters. The summed E-state index contributed by atoms with van der Waals surface area (Å²) < 4.78 is 0. The zero-order valence-corrected chi connectivity index (χ0v) is 15.1. The largest absolute Gasteiger partial charge is 0.302 e. The van der Waals surface area contributed by atoms with Crippen LogP contribution in [-0.2, 0) is 4.79 Å². The van der Waals surface area contributed by atoms with Crippen molar-refractivity contribution in [2.45, 2.75) is 64.2 Å².